The van der Waals surface area contributed by atoms with Crippen LogP contribution in [0.5, 0.6) is 11.5 Å². The Morgan fingerprint density at radius 3 is 2.44 bits per heavy atom. The van der Waals surface area contributed by atoms with Crippen LogP contribution in [0.1, 0.15) is 19.4 Å². The van der Waals surface area contributed by atoms with E-state index in [4.69, 9.17) is 21.1 Å². The Balaban J connectivity index is 1.96. The Kier molecular flexibility index (Phi) is 8.27. The molecule has 11 heteroatoms. The molecule has 2 aromatic carbocycles. The minimum absolute atomic E-state index is 0.0360. The molecule has 0 fully saturated rings. The highest BCUT2D eigenvalue weighted by molar-refractivity contribution is 7.92. The number of likely N-dealkylation sites (N-methyl/N-ethyl adjacent to an activating group) is 1. The summed E-state index contributed by atoms with van der Waals surface area (Å²) < 4.78 is 38.1. The molecule has 0 bridgehead atoms. The van der Waals surface area contributed by atoms with Crippen molar-refractivity contribution in [2.24, 2.45) is 0 Å². The third-order valence-electron chi connectivity index (χ3n) is 5.51. The summed E-state index contributed by atoms with van der Waals surface area (Å²) in [6.45, 7) is 3.35. The first-order valence-electron chi connectivity index (χ1n) is 10.8. The molecule has 1 unspecified atom stereocenters. The lowest BCUT2D eigenvalue weighted by atomic mass is 10.1. The summed E-state index contributed by atoms with van der Waals surface area (Å²) in [5.74, 6) is -0.250. The molecule has 9 nitrogen and oxygen atoms in total. The fourth-order valence-electron chi connectivity index (χ4n) is 3.51. The van der Waals surface area contributed by atoms with E-state index in [1.807, 2.05) is 0 Å². The number of nitrogens with one attached hydrogen (secondary N) is 1. The zero-order valence-corrected chi connectivity index (χ0v) is 20.9. The first kappa shape index (κ1) is 25.6. The molecule has 184 valence electrons. The number of amides is 2. The quantitative estimate of drug-likeness (QED) is 0.556. The highest BCUT2D eigenvalue weighted by Crippen LogP contribution is 2.35. The van der Waals surface area contributed by atoms with Gasteiger partial charge in [-0.25, -0.2) is 8.42 Å². The van der Waals surface area contributed by atoms with Crippen molar-refractivity contribution in [1.82, 2.24) is 10.2 Å². The van der Waals surface area contributed by atoms with Gasteiger partial charge in [0.05, 0.1) is 11.4 Å². The molecule has 1 aliphatic rings. The van der Waals surface area contributed by atoms with Gasteiger partial charge in [0.2, 0.25) is 21.8 Å². The predicted octanol–water partition coefficient (Wildman–Crippen LogP) is 2.43. The van der Waals surface area contributed by atoms with Gasteiger partial charge < -0.3 is 19.7 Å². The molecule has 0 aliphatic carbocycles. The number of fused-ring (bicyclic) bond motifs is 1. The molecule has 1 N–H and O–H groups in total. The number of ether oxygens (including phenoxy) is 2. The minimum atomic E-state index is -3.84. The number of rotatable bonds is 9. The third kappa shape index (κ3) is 5.74. The van der Waals surface area contributed by atoms with E-state index in [1.165, 1.54) is 24.9 Å². The molecular weight excluding hydrogens is 482 g/mol. The number of anilines is 1. The first-order valence-corrected chi connectivity index (χ1v) is 12.8. The van der Waals surface area contributed by atoms with Crippen molar-refractivity contribution >= 4 is 39.1 Å². The smallest absolute Gasteiger partial charge is 0.244 e. The van der Waals surface area contributed by atoms with Crippen molar-refractivity contribution < 1.29 is 27.5 Å². The number of halogens is 1. The lowest BCUT2D eigenvalue weighted by Crippen LogP contribution is -2.51. The summed E-state index contributed by atoms with van der Waals surface area (Å²) in [7, 11) is -2.37. The van der Waals surface area contributed by atoms with Crippen molar-refractivity contribution in [3.8, 4) is 11.5 Å². The van der Waals surface area contributed by atoms with E-state index in [-0.39, 0.29) is 23.9 Å². The molecule has 34 heavy (non-hydrogen) atoms. The van der Waals surface area contributed by atoms with E-state index in [0.717, 1.165) is 4.31 Å². The molecular formula is C23H28ClN3O6S. The van der Waals surface area contributed by atoms with Crippen LogP contribution in [0.4, 0.5) is 5.69 Å². The minimum Gasteiger partial charge on any atom is -0.486 e. The van der Waals surface area contributed by atoms with Gasteiger partial charge in [-0.3, -0.25) is 13.9 Å². The number of nitrogens with zero attached hydrogens (tertiary/aromatic N) is 2. The van der Waals surface area contributed by atoms with Crippen LogP contribution in [0, 0.1) is 0 Å². The van der Waals surface area contributed by atoms with Crippen LogP contribution in [0.15, 0.2) is 42.5 Å². The van der Waals surface area contributed by atoms with Gasteiger partial charge in [0.15, 0.2) is 11.5 Å². The van der Waals surface area contributed by atoms with Gasteiger partial charge in [0, 0.05) is 24.7 Å². The lowest BCUT2D eigenvalue weighted by Gasteiger charge is -2.32. The van der Waals surface area contributed by atoms with Crippen molar-refractivity contribution in [2.45, 2.75) is 26.4 Å². The number of hydrogen-bond acceptors (Lipinski definition) is 6. The highest BCUT2D eigenvalue weighted by Gasteiger charge is 2.31. The highest BCUT2D eigenvalue weighted by atomic mass is 35.5. The summed E-state index contributed by atoms with van der Waals surface area (Å²) in [6.07, 6.45) is 0. The summed E-state index contributed by atoms with van der Waals surface area (Å²) in [6, 6.07) is 10.8. The molecule has 0 spiro atoms. The van der Waals surface area contributed by atoms with Gasteiger partial charge in [-0.15, -0.1) is 0 Å². The second-order valence-electron chi connectivity index (χ2n) is 7.64. The zero-order chi connectivity index (χ0) is 24.9. The largest absolute Gasteiger partial charge is 0.486 e. The SMILES string of the molecule is CCS(=O)(=O)N(CC(=O)N(Cc1ccccc1Cl)C(C)C(=O)NC)c1ccc2c(c1)OCCO2. The maximum absolute atomic E-state index is 13.5. The average Bonchev–Trinajstić information content (AvgIpc) is 2.85. The van der Waals surface area contributed by atoms with Crippen molar-refractivity contribution in [1.29, 1.82) is 0 Å². The Labute approximate surface area is 204 Å². The van der Waals surface area contributed by atoms with E-state index in [2.05, 4.69) is 5.32 Å². The maximum atomic E-state index is 13.5. The molecule has 2 aromatic rings. The van der Waals surface area contributed by atoms with Crippen molar-refractivity contribution in [2.75, 3.05) is 36.9 Å². The fraction of sp³-hybridized carbons (Fsp3) is 0.391. The van der Waals surface area contributed by atoms with Crippen LogP contribution < -0.4 is 19.1 Å². The number of sulfonamides is 1. The Hall–Kier alpha value is -2.98. The normalized spacial score (nSPS) is 13.6. The Morgan fingerprint density at radius 2 is 1.79 bits per heavy atom. The topological polar surface area (TPSA) is 105 Å². The maximum Gasteiger partial charge on any atom is 0.244 e. The molecule has 0 saturated carbocycles. The first-order chi connectivity index (χ1) is 16.2. The van der Waals surface area contributed by atoms with Gasteiger partial charge in [-0.05, 0) is 37.6 Å². The number of benzene rings is 2. The Morgan fingerprint density at radius 1 is 1.12 bits per heavy atom. The molecule has 3 rings (SSSR count). The lowest BCUT2D eigenvalue weighted by molar-refractivity contribution is -0.139. The molecule has 0 aromatic heterocycles. The molecule has 1 atom stereocenters. The third-order valence-corrected chi connectivity index (χ3v) is 7.62. The van der Waals surface area contributed by atoms with Gasteiger partial charge >= 0.3 is 0 Å². The molecule has 0 radical (unpaired) electrons. The van der Waals surface area contributed by atoms with E-state index in [1.54, 1.807) is 43.3 Å². The van der Waals surface area contributed by atoms with Crippen LogP contribution in [0.3, 0.4) is 0 Å². The van der Waals surface area contributed by atoms with E-state index >= 15 is 0 Å². The van der Waals surface area contributed by atoms with Gasteiger partial charge in [-0.1, -0.05) is 29.8 Å². The van der Waals surface area contributed by atoms with Gasteiger partial charge in [0.1, 0.15) is 25.8 Å². The molecule has 0 saturated heterocycles. The fourth-order valence-corrected chi connectivity index (χ4v) is 4.76. The zero-order valence-electron chi connectivity index (χ0n) is 19.3. The van der Waals surface area contributed by atoms with E-state index in [0.29, 0.717) is 35.3 Å². The molecule has 1 aliphatic heterocycles. The van der Waals surface area contributed by atoms with Crippen LogP contribution >= 0.6 is 11.6 Å². The van der Waals surface area contributed by atoms with Gasteiger partial charge in [0.25, 0.3) is 0 Å². The van der Waals surface area contributed by atoms with Crippen molar-refractivity contribution in [3.05, 3.63) is 53.1 Å². The van der Waals surface area contributed by atoms with Crippen LogP contribution in [-0.2, 0) is 26.2 Å². The van der Waals surface area contributed by atoms with Crippen LogP contribution in [0.2, 0.25) is 5.02 Å². The van der Waals surface area contributed by atoms with Crippen molar-refractivity contribution in [3.63, 3.8) is 0 Å². The predicted molar refractivity (Wildman–Crippen MR) is 130 cm³/mol. The molecule has 2 amide bonds. The number of carbonyl (C=O) groups excluding carboxylic acids is 2. The summed E-state index contributed by atoms with van der Waals surface area (Å²) in [5, 5.41) is 2.97. The standard InChI is InChI=1S/C23H28ClN3O6S/c1-4-34(30,31)27(18-9-10-20-21(13-18)33-12-11-32-20)15-22(28)26(16(2)23(29)25-3)14-17-7-5-6-8-19(17)24/h5-10,13,16H,4,11-12,14-15H2,1-3H3,(H,25,29). The van der Waals surface area contributed by atoms with Gasteiger partial charge in [-0.2, -0.15) is 0 Å². The number of hydrogen-bond donors (Lipinski definition) is 1. The second kappa shape index (κ2) is 11.0. The number of carbonyl (C=O) groups is 2. The summed E-state index contributed by atoms with van der Waals surface area (Å²) in [5.41, 5.74) is 0.905. The Bertz CT molecular complexity index is 1160. The summed E-state index contributed by atoms with van der Waals surface area (Å²) >= 11 is 6.28. The van der Waals surface area contributed by atoms with Crippen LogP contribution in [-0.4, -0.2) is 63.7 Å². The summed E-state index contributed by atoms with van der Waals surface area (Å²) in [4.78, 5) is 27.2. The average molecular weight is 510 g/mol. The molecule has 1 heterocycles. The van der Waals surface area contributed by atoms with Crippen LogP contribution in [0.25, 0.3) is 0 Å². The van der Waals surface area contributed by atoms with E-state index in [9.17, 15) is 18.0 Å². The monoisotopic (exact) mass is 509 g/mol. The second-order valence-corrected chi connectivity index (χ2v) is 10.2. The van der Waals surface area contributed by atoms with E-state index < -0.39 is 28.5 Å².